The van der Waals surface area contributed by atoms with Crippen molar-refractivity contribution in [2.75, 3.05) is 14.2 Å². The van der Waals surface area contributed by atoms with Gasteiger partial charge in [0, 0.05) is 24.2 Å². The van der Waals surface area contributed by atoms with Crippen LogP contribution >= 0.6 is 0 Å². The molecule has 1 aromatic carbocycles. The van der Waals surface area contributed by atoms with Crippen LogP contribution in [0, 0.1) is 5.92 Å². The van der Waals surface area contributed by atoms with E-state index in [4.69, 9.17) is 4.74 Å². The smallest absolute Gasteiger partial charge is 0.227 e. The van der Waals surface area contributed by atoms with Crippen LogP contribution in [0.1, 0.15) is 42.6 Å². The van der Waals surface area contributed by atoms with E-state index < -0.39 is 0 Å². The van der Waals surface area contributed by atoms with Crippen LogP contribution in [-0.4, -0.2) is 36.8 Å². The Balaban J connectivity index is 2.14. The van der Waals surface area contributed by atoms with Crippen molar-refractivity contribution in [1.29, 1.82) is 0 Å². The van der Waals surface area contributed by atoms with Crippen molar-refractivity contribution in [2.24, 2.45) is 5.92 Å². The molecule has 1 fully saturated rings. The highest BCUT2D eigenvalue weighted by Gasteiger charge is 2.32. The lowest BCUT2D eigenvalue weighted by Crippen LogP contribution is -2.37. The van der Waals surface area contributed by atoms with Gasteiger partial charge in [0.15, 0.2) is 5.78 Å². The molecule has 1 aliphatic rings. The van der Waals surface area contributed by atoms with E-state index in [9.17, 15) is 9.59 Å². The van der Waals surface area contributed by atoms with Crippen LogP contribution in [0.3, 0.4) is 0 Å². The first-order valence-corrected chi connectivity index (χ1v) is 7.37. The fourth-order valence-electron chi connectivity index (χ4n) is 2.55. The molecule has 21 heavy (non-hydrogen) atoms. The van der Waals surface area contributed by atoms with Gasteiger partial charge in [0.2, 0.25) is 5.91 Å². The minimum Gasteiger partial charge on any atom is -0.496 e. The van der Waals surface area contributed by atoms with E-state index in [1.54, 1.807) is 25.3 Å². The summed E-state index contributed by atoms with van der Waals surface area (Å²) < 4.78 is 5.30. The maximum absolute atomic E-state index is 12.4. The van der Waals surface area contributed by atoms with Crippen LogP contribution in [0.25, 0.3) is 0 Å². The van der Waals surface area contributed by atoms with Crippen molar-refractivity contribution in [2.45, 2.75) is 39.2 Å². The Labute approximate surface area is 126 Å². The number of hydrogen-bond acceptors (Lipinski definition) is 3. The molecule has 0 spiro atoms. The third-order valence-corrected chi connectivity index (χ3v) is 4.34. The predicted octanol–water partition coefficient (Wildman–Crippen LogP) is 2.70. The molecule has 1 amide bonds. The number of carbonyl (C=O) groups excluding carboxylic acids is 2. The van der Waals surface area contributed by atoms with Crippen LogP contribution in [-0.2, 0) is 11.2 Å². The molecule has 0 radical (unpaired) electrons. The molecular weight excluding hydrogens is 266 g/mol. The second-order valence-electron chi connectivity index (χ2n) is 5.84. The van der Waals surface area contributed by atoms with Crippen LogP contribution in [0.5, 0.6) is 5.75 Å². The minimum atomic E-state index is -0.00828. The molecule has 4 heteroatoms. The van der Waals surface area contributed by atoms with Gasteiger partial charge in [0.25, 0.3) is 0 Å². The molecule has 0 N–H and O–H groups in total. The zero-order chi connectivity index (χ0) is 15.6. The summed E-state index contributed by atoms with van der Waals surface area (Å²) in [6.45, 7) is 3.62. The Hall–Kier alpha value is -1.84. The molecule has 0 aromatic heterocycles. The Morgan fingerprint density at radius 2 is 2.05 bits per heavy atom. The van der Waals surface area contributed by atoms with Gasteiger partial charge >= 0.3 is 0 Å². The summed E-state index contributed by atoms with van der Waals surface area (Å²) in [6, 6.07) is 5.52. The quantitative estimate of drug-likeness (QED) is 0.756. The molecule has 114 valence electrons. The number of Topliss-reactive ketones (excluding diaryl/α,β-unsaturated/α-hetero) is 1. The van der Waals surface area contributed by atoms with E-state index >= 15 is 0 Å². The Bertz CT molecular complexity index is 549. The van der Waals surface area contributed by atoms with Crippen LogP contribution in [0.4, 0.5) is 0 Å². The molecule has 1 aliphatic carbocycles. The van der Waals surface area contributed by atoms with Gasteiger partial charge in [-0.25, -0.2) is 0 Å². The molecule has 1 aromatic rings. The lowest BCUT2D eigenvalue weighted by molar-refractivity contribution is -0.131. The largest absolute Gasteiger partial charge is 0.496 e. The summed E-state index contributed by atoms with van der Waals surface area (Å²) >= 11 is 0. The number of ketones is 1. The lowest BCUT2D eigenvalue weighted by atomic mass is 10.0. The summed E-state index contributed by atoms with van der Waals surface area (Å²) in [6.07, 6.45) is 2.68. The average molecular weight is 289 g/mol. The SMILES string of the molecule is COc1ccc(C(C)=O)cc1CC(=O)N(C)C(C)C1CC1. The molecular formula is C17H23NO3. The van der Waals surface area contributed by atoms with Crippen molar-refractivity contribution in [3.8, 4) is 5.75 Å². The van der Waals surface area contributed by atoms with Gasteiger partial charge in [-0.2, -0.15) is 0 Å². The van der Waals surface area contributed by atoms with Gasteiger partial charge in [-0.3, -0.25) is 9.59 Å². The number of amides is 1. The fourth-order valence-corrected chi connectivity index (χ4v) is 2.55. The summed E-state index contributed by atoms with van der Waals surface area (Å²) in [4.78, 5) is 25.7. The number of likely N-dealkylation sites (N-methyl/N-ethyl adjacent to an activating group) is 1. The van der Waals surface area contributed by atoms with E-state index in [1.807, 2.05) is 11.9 Å². The number of methoxy groups -OCH3 is 1. The fraction of sp³-hybridized carbons (Fsp3) is 0.529. The molecule has 1 atom stereocenters. The molecule has 0 saturated heterocycles. The Kier molecular flexibility index (Phi) is 4.66. The van der Waals surface area contributed by atoms with Gasteiger partial charge in [-0.15, -0.1) is 0 Å². The number of hydrogen-bond donors (Lipinski definition) is 0. The second kappa shape index (κ2) is 6.29. The number of carbonyl (C=O) groups is 2. The molecule has 0 aliphatic heterocycles. The van der Waals surface area contributed by atoms with Gasteiger partial charge in [-0.1, -0.05) is 0 Å². The highest BCUT2D eigenvalue weighted by molar-refractivity contribution is 5.94. The molecule has 0 bridgehead atoms. The topological polar surface area (TPSA) is 46.6 Å². The van der Waals surface area contributed by atoms with Crippen molar-refractivity contribution in [3.05, 3.63) is 29.3 Å². The summed E-state index contributed by atoms with van der Waals surface area (Å²) in [5, 5.41) is 0. The minimum absolute atomic E-state index is 0.00828. The molecule has 1 saturated carbocycles. The maximum atomic E-state index is 12.4. The van der Waals surface area contributed by atoms with Crippen LogP contribution in [0.15, 0.2) is 18.2 Å². The monoisotopic (exact) mass is 289 g/mol. The zero-order valence-corrected chi connectivity index (χ0v) is 13.2. The van der Waals surface area contributed by atoms with Crippen molar-refractivity contribution >= 4 is 11.7 Å². The predicted molar refractivity (Wildman–Crippen MR) is 81.7 cm³/mol. The van der Waals surface area contributed by atoms with Crippen molar-refractivity contribution in [3.63, 3.8) is 0 Å². The van der Waals surface area contributed by atoms with Crippen LogP contribution < -0.4 is 4.74 Å². The standard InChI is InChI=1S/C17H23NO3/c1-11(13-5-6-13)18(3)17(20)10-15-9-14(12(2)19)7-8-16(15)21-4/h7-9,11,13H,5-6,10H2,1-4H3. The van der Waals surface area contributed by atoms with Crippen molar-refractivity contribution < 1.29 is 14.3 Å². The van der Waals surface area contributed by atoms with E-state index in [2.05, 4.69) is 6.92 Å². The first kappa shape index (κ1) is 15.5. The Morgan fingerprint density at radius 1 is 1.38 bits per heavy atom. The van der Waals surface area contributed by atoms with E-state index in [-0.39, 0.29) is 24.2 Å². The Morgan fingerprint density at radius 3 is 2.57 bits per heavy atom. The second-order valence-corrected chi connectivity index (χ2v) is 5.84. The van der Waals surface area contributed by atoms with Gasteiger partial charge in [-0.05, 0) is 50.8 Å². The molecule has 1 unspecified atom stereocenters. The number of rotatable bonds is 6. The third kappa shape index (κ3) is 3.63. The zero-order valence-electron chi connectivity index (χ0n) is 13.2. The van der Waals surface area contributed by atoms with Gasteiger partial charge < -0.3 is 9.64 Å². The van der Waals surface area contributed by atoms with Gasteiger partial charge in [0.05, 0.1) is 13.5 Å². The maximum Gasteiger partial charge on any atom is 0.227 e. The number of nitrogens with zero attached hydrogens (tertiary/aromatic N) is 1. The van der Waals surface area contributed by atoms with Crippen molar-refractivity contribution in [1.82, 2.24) is 4.90 Å². The van der Waals surface area contributed by atoms with E-state index in [0.717, 1.165) is 5.56 Å². The number of ether oxygens (including phenoxy) is 1. The average Bonchev–Trinajstić information content (AvgIpc) is 3.30. The third-order valence-electron chi connectivity index (χ3n) is 4.34. The summed E-state index contributed by atoms with van der Waals surface area (Å²) in [5.74, 6) is 1.35. The molecule has 2 rings (SSSR count). The molecule has 4 nitrogen and oxygen atoms in total. The normalized spacial score (nSPS) is 15.4. The highest BCUT2D eigenvalue weighted by atomic mass is 16.5. The summed E-state index contributed by atoms with van der Waals surface area (Å²) in [7, 11) is 3.43. The first-order valence-electron chi connectivity index (χ1n) is 7.37. The van der Waals surface area contributed by atoms with E-state index in [1.165, 1.54) is 19.8 Å². The van der Waals surface area contributed by atoms with Gasteiger partial charge in [0.1, 0.15) is 5.75 Å². The first-order chi connectivity index (χ1) is 9.93. The lowest BCUT2D eigenvalue weighted by Gasteiger charge is -2.25. The summed E-state index contributed by atoms with van der Waals surface area (Å²) in [5.41, 5.74) is 1.38. The number of benzene rings is 1. The highest BCUT2D eigenvalue weighted by Crippen LogP contribution is 2.35. The van der Waals surface area contributed by atoms with E-state index in [0.29, 0.717) is 17.2 Å². The molecule has 0 heterocycles. The van der Waals surface area contributed by atoms with Crippen LogP contribution in [0.2, 0.25) is 0 Å².